The van der Waals surface area contributed by atoms with Gasteiger partial charge in [0.05, 0.1) is 5.65 Å². The average Bonchev–Trinajstić information content (AvgIpc) is 2.83. The molecule has 5 aromatic rings. The number of hydrogen-bond donors (Lipinski definition) is 0. The quantitative estimate of drug-likeness (QED) is 0.150. The van der Waals surface area contributed by atoms with E-state index in [1.807, 2.05) is 22.7 Å². The molecule has 0 bridgehead atoms. The van der Waals surface area contributed by atoms with Crippen LogP contribution < -0.4 is 5.56 Å². The first-order valence-electron chi connectivity index (χ1n) is 11.9. The number of rotatable bonds is 1. The van der Waals surface area contributed by atoms with Crippen molar-refractivity contribution in [1.29, 1.82) is 0 Å². The zero-order chi connectivity index (χ0) is 27.0. The van der Waals surface area contributed by atoms with E-state index in [2.05, 4.69) is 63.6 Å². The van der Waals surface area contributed by atoms with Gasteiger partial charge in [0, 0.05) is 55.1 Å². The van der Waals surface area contributed by atoms with E-state index in [1.54, 1.807) is 30.5 Å². The van der Waals surface area contributed by atoms with Crippen LogP contribution in [0.4, 0.5) is 8.78 Å². The Kier molecular flexibility index (Phi) is 8.59. The summed E-state index contributed by atoms with van der Waals surface area (Å²) in [4.78, 5) is 24.9. The molecule has 0 saturated heterocycles. The van der Waals surface area contributed by atoms with Crippen LogP contribution in [-0.2, 0) is 30.9 Å². The summed E-state index contributed by atoms with van der Waals surface area (Å²) in [5.41, 5.74) is 3.55. The molecular weight excluding hydrogens is 663 g/mol. The SMILES string of the molecule is CC(C)(C)c1c[c-]c2c(ccn3c(C(C)(C)C)cc(=O)nc23)n1.Fc1c[c-]c(-c2ccccn2)c(F)c1.[Ir]. The summed E-state index contributed by atoms with van der Waals surface area (Å²) in [6, 6.07) is 18.3. The molecule has 1 radical (unpaired) electrons. The Morgan fingerprint density at radius 1 is 0.895 bits per heavy atom. The predicted molar refractivity (Wildman–Crippen MR) is 141 cm³/mol. The predicted octanol–water partition coefficient (Wildman–Crippen LogP) is 6.46. The first-order valence-corrected chi connectivity index (χ1v) is 11.9. The molecule has 5 nitrogen and oxygen atoms in total. The van der Waals surface area contributed by atoms with Crippen molar-refractivity contribution in [3.63, 3.8) is 0 Å². The second kappa shape index (κ2) is 11.2. The van der Waals surface area contributed by atoms with Crippen molar-refractivity contribution >= 4 is 16.6 Å². The largest absolute Gasteiger partial charge is 0.348 e. The molecule has 8 heteroatoms. The van der Waals surface area contributed by atoms with Crippen molar-refractivity contribution in [2.75, 3.05) is 0 Å². The maximum Gasteiger partial charge on any atom is 0.264 e. The fraction of sp³-hybridized carbons (Fsp3) is 0.267. The first-order chi connectivity index (χ1) is 17.3. The van der Waals surface area contributed by atoms with Crippen molar-refractivity contribution in [2.24, 2.45) is 0 Å². The summed E-state index contributed by atoms with van der Waals surface area (Å²) < 4.78 is 27.8. The maximum atomic E-state index is 13.2. The fourth-order valence-electron chi connectivity index (χ4n) is 3.81. The Labute approximate surface area is 234 Å². The monoisotopic (exact) mass is 691 g/mol. The van der Waals surface area contributed by atoms with Gasteiger partial charge in [0.25, 0.3) is 5.56 Å². The van der Waals surface area contributed by atoms with E-state index >= 15 is 0 Å². The third-order valence-corrected chi connectivity index (χ3v) is 5.74. The molecule has 0 saturated carbocycles. The molecule has 0 atom stereocenters. The topological polar surface area (TPSA) is 60.2 Å². The smallest absolute Gasteiger partial charge is 0.264 e. The Hall–Kier alpha value is -3.35. The molecule has 0 spiro atoms. The Balaban J connectivity index is 0.000000229. The second-order valence-corrected chi connectivity index (χ2v) is 10.8. The molecule has 38 heavy (non-hydrogen) atoms. The van der Waals surface area contributed by atoms with Gasteiger partial charge < -0.3 is 14.4 Å². The molecule has 0 N–H and O–H groups in total. The minimum atomic E-state index is -0.649. The standard InChI is InChI=1S/C19H22N3O.C11H6F2N.Ir/c1-18(2,3)14-8-7-12-13(20-14)9-10-22-15(19(4,5)6)11-16(23)21-17(12)22;12-8-4-5-9(10(13)7-8)11-3-1-2-6-14-11;/h8-11H,1-6H3;1-4,6-7H;/q2*-1;. The number of benzene rings is 1. The minimum Gasteiger partial charge on any atom is -0.348 e. The van der Waals surface area contributed by atoms with E-state index in [-0.39, 0.29) is 42.1 Å². The van der Waals surface area contributed by atoms with Crippen LogP contribution in [0.2, 0.25) is 0 Å². The zero-order valence-corrected chi connectivity index (χ0v) is 24.5. The third kappa shape index (κ3) is 6.37. The van der Waals surface area contributed by atoms with Crippen LogP contribution in [0.5, 0.6) is 0 Å². The summed E-state index contributed by atoms with van der Waals surface area (Å²) in [5, 5.41) is 0.781. The summed E-state index contributed by atoms with van der Waals surface area (Å²) >= 11 is 0. The summed E-state index contributed by atoms with van der Waals surface area (Å²) in [5.74, 6) is -1.29. The molecule has 0 amide bonds. The molecule has 199 valence electrons. The second-order valence-electron chi connectivity index (χ2n) is 10.8. The van der Waals surface area contributed by atoms with Crippen molar-refractivity contribution in [1.82, 2.24) is 19.4 Å². The minimum absolute atomic E-state index is 0. The summed E-state index contributed by atoms with van der Waals surface area (Å²) in [6.45, 7) is 12.6. The molecule has 0 aliphatic carbocycles. The number of pyridine rings is 3. The van der Waals surface area contributed by atoms with Crippen molar-refractivity contribution in [3.8, 4) is 11.3 Å². The molecule has 5 rings (SSSR count). The van der Waals surface area contributed by atoms with Crippen molar-refractivity contribution in [3.05, 3.63) is 106 Å². The number of fused-ring (bicyclic) bond motifs is 3. The van der Waals surface area contributed by atoms with Gasteiger partial charge in [0.15, 0.2) is 0 Å². The fourth-order valence-corrected chi connectivity index (χ4v) is 3.81. The van der Waals surface area contributed by atoms with Crippen LogP contribution in [0, 0.1) is 23.8 Å². The van der Waals surface area contributed by atoms with Gasteiger partial charge >= 0.3 is 0 Å². The Bertz CT molecular complexity index is 1640. The number of hydrogen-bond acceptors (Lipinski definition) is 4. The zero-order valence-electron chi connectivity index (χ0n) is 22.1. The molecule has 0 aliphatic heterocycles. The van der Waals surface area contributed by atoms with Crippen LogP contribution in [0.1, 0.15) is 52.9 Å². The molecule has 4 aromatic heterocycles. The Morgan fingerprint density at radius 2 is 1.63 bits per heavy atom. The Morgan fingerprint density at radius 3 is 2.24 bits per heavy atom. The van der Waals surface area contributed by atoms with Gasteiger partial charge in [-0.15, -0.1) is 24.3 Å². The summed E-state index contributed by atoms with van der Waals surface area (Å²) in [7, 11) is 0. The van der Waals surface area contributed by atoms with Crippen LogP contribution in [-0.4, -0.2) is 19.4 Å². The van der Waals surface area contributed by atoms with Crippen LogP contribution in [0.25, 0.3) is 27.8 Å². The van der Waals surface area contributed by atoms with Gasteiger partial charge in [-0.1, -0.05) is 76.8 Å². The number of halogens is 2. The van der Waals surface area contributed by atoms with E-state index < -0.39 is 11.6 Å². The molecule has 1 aromatic carbocycles. The van der Waals surface area contributed by atoms with Gasteiger partial charge in [0.1, 0.15) is 0 Å². The van der Waals surface area contributed by atoms with Gasteiger partial charge in [0.2, 0.25) is 0 Å². The molecular formula is C30H28F2IrN4O-2. The van der Waals surface area contributed by atoms with Gasteiger partial charge in [-0.05, 0) is 34.6 Å². The van der Waals surface area contributed by atoms with Crippen molar-refractivity contribution in [2.45, 2.75) is 52.4 Å². The van der Waals surface area contributed by atoms with Crippen LogP contribution in [0.3, 0.4) is 0 Å². The van der Waals surface area contributed by atoms with Crippen LogP contribution in [0.15, 0.2) is 65.7 Å². The molecule has 0 unspecified atom stereocenters. The molecule has 0 fully saturated rings. The first kappa shape index (κ1) is 29.2. The van der Waals surface area contributed by atoms with E-state index in [0.29, 0.717) is 11.3 Å². The maximum absolute atomic E-state index is 13.2. The molecule has 4 heterocycles. The number of aromatic nitrogens is 4. The van der Waals surface area contributed by atoms with Gasteiger partial charge in [-0.3, -0.25) is 13.6 Å². The average molecular weight is 691 g/mol. The van der Waals surface area contributed by atoms with E-state index in [4.69, 9.17) is 4.98 Å². The van der Waals surface area contributed by atoms with E-state index in [1.165, 1.54) is 0 Å². The number of nitrogens with zero attached hydrogens (tertiary/aromatic N) is 4. The van der Waals surface area contributed by atoms with Crippen LogP contribution >= 0.6 is 0 Å². The third-order valence-electron chi connectivity index (χ3n) is 5.74. The van der Waals surface area contributed by atoms with E-state index in [0.717, 1.165) is 34.4 Å². The van der Waals surface area contributed by atoms with Gasteiger partial charge in [-0.2, -0.15) is 0 Å². The van der Waals surface area contributed by atoms with Crippen molar-refractivity contribution < 1.29 is 28.9 Å². The summed E-state index contributed by atoms with van der Waals surface area (Å²) in [6.07, 6.45) is 3.49. The van der Waals surface area contributed by atoms with E-state index in [9.17, 15) is 13.6 Å². The van der Waals surface area contributed by atoms with Gasteiger partial charge in [-0.25, -0.2) is 4.98 Å². The normalized spacial score (nSPS) is 11.6. The molecule has 0 aliphatic rings.